The molecule has 0 aliphatic heterocycles. The van der Waals surface area contributed by atoms with Crippen LogP contribution in [0.15, 0.2) is 36.7 Å². The summed E-state index contributed by atoms with van der Waals surface area (Å²) in [7, 11) is 1.63. The van der Waals surface area contributed by atoms with Crippen LogP contribution in [-0.4, -0.2) is 29.1 Å². The van der Waals surface area contributed by atoms with E-state index in [0.29, 0.717) is 18.9 Å². The molecule has 5 nitrogen and oxygen atoms in total. The summed E-state index contributed by atoms with van der Waals surface area (Å²) in [6.45, 7) is 1.41. The van der Waals surface area contributed by atoms with Crippen molar-refractivity contribution in [2.75, 3.05) is 13.7 Å². The average Bonchev–Trinajstić information content (AvgIpc) is 3.27. The molecule has 1 aliphatic rings. The second-order valence-electron chi connectivity index (χ2n) is 5.63. The van der Waals surface area contributed by atoms with E-state index in [2.05, 4.69) is 14.9 Å². The first kappa shape index (κ1) is 14.6. The fourth-order valence-electron chi connectivity index (χ4n) is 2.52. The number of carbonyl (C=O) groups is 1. The van der Waals surface area contributed by atoms with Crippen LogP contribution in [0.2, 0.25) is 0 Å². The maximum absolute atomic E-state index is 12.0. The van der Waals surface area contributed by atoms with Crippen LogP contribution in [0.4, 0.5) is 0 Å². The second-order valence-corrected chi connectivity index (χ2v) is 5.63. The van der Waals surface area contributed by atoms with Crippen molar-refractivity contribution in [3.8, 4) is 5.75 Å². The molecule has 0 radical (unpaired) electrons. The number of hydrogen-bond donors (Lipinski definition) is 1. The Bertz CT molecular complexity index is 630. The highest BCUT2D eigenvalue weighted by Crippen LogP contribution is 2.38. The molecule has 1 amide bonds. The van der Waals surface area contributed by atoms with Gasteiger partial charge in [0, 0.05) is 31.4 Å². The maximum Gasteiger partial charge on any atom is 0.224 e. The van der Waals surface area contributed by atoms with Crippen LogP contribution in [0, 0.1) is 0 Å². The molecule has 22 heavy (non-hydrogen) atoms. The summed E-state index contributed by atoms with van der Waals surface area (Å²) in [6.07, 6.45) is 6.70. The number of carbonyl (C=O) groups excluding carboxylic acids is 1. The molecule has 1 aromatic heterocycles. The number of benzene rings is 1. The minimum atomic E-state index is 0.0401. The van der Waals surface area contributed by atoms with Crippen LogP contribution in [0.5, 0.6) is 5.75 Å². The topological polar surface area (TPSA) is 56.1 Å². The molecule has 0 bridgehead atoms. The molecule has 0 spiro atoms. The number of methoxy groups -OCH3 is 1. The predicted octanol–water partition coefficient (Wildman–Crippen LogP) is 2.13. The Hall–Kier alpha value is -2.30. The van der Waals surface area contributed by atoms with Crippen LogP contribution in [0.3, 0.4) is 0 Å². The quantitative estimate of drug-likeness (QED) is 0.852. The van der Waals surface area contributed by atoms with E-state index in [4.69, 9.17) is 4.74 Å². The van der Waals surface area contributed by atoms with E-state index >= 15 is 0 Å². The Labute approximate surface area is 130 Å². The summed E-state index contributed by atoms with van der Waals surface area (Å²) < 4.78 is 7.25. The lowest BCUT2D eigenvalue weighted by atomic mass is 10.1. The highest BCUT2D eigenvalue weighted by Gasteiger charge is 2.27. The summed E-state index contributed by atoms with van der Waals surface area (Å²) in [5, 5.41) is 2.97. The number of rotatable bonds is 7. The molecule has 1 heterocycles. The first-order valence-electron chi connectivity index (χ1n) is 7.67. The van der Waals surface area contributed by atoms with Gasteiger partial charge in [0.15, 0.2) is 0 Å². The van der Waals surface area contributed by atoms with Crippen molar-refractivity contribution in [3.63, 3.8) is 0 Å². The van der Waals surface area contributed by atoms with Gasteiger partial charge in [-0.2, -0.15) is 0 Å². The fraction of sp³-hybridized carbons (Fsp3) is 0.412. The summed E-state index contributed by atoms with van der Waals surface area (Å²) in [5.41, 5.74) is 0.986. The number of aromatic nitrogens is 2. The predicted molar refractivity (Wildman–Crippen MR) is 83.9 cm³/mol. The van der Waals surface area contributed by atoms with Crippen molar-refractivity contribution in [1.29, 1.82) is 0 Å². The zero-order valence-electron chi connectivity index (χ0n) is 12.8. The molecule has 5 heteroatoms. The number of nitrogens with zero attached hydrogens (tertiary/aromatic N) is 2. The van der Waals surface area contributed by atoms with Crippen molar-refractivity contribution in [3.05, 3.63) is 48.0 Å². The summed E-state index contributed by atoms with van der Waals surface area (Å²) in [5.74, 6) is 2.63. The van der Waals surface area contributed by atoms with E-state index in [-0.39, 0.29) is 5.91 Å². The van der Waals surface area contributed by atoms with Gasteiger partial charge in [0.25, 0.3) is 0 Å². The van der Waals surface area contributed by atoms with E-state index in [9.17, 15) is 4.79 Å². The maximum atomic E-state index is 12.0. The normalized spacial score (nSPS) is 13.9. The summed E-state index contributed by atoms with van der Waals surface area (Å²) >= 11 is 0. The van der Waals surface area contributed by atoms with Crippen LogP contribution in [0.25, 0.3) is 0 Å². The molecule has 0 atom stereocenters. The van der Waals surface area contributed by atoms with Gasteiger partial charge in [-0.1, -0.05) is 12.1 Å². The van der Waals surface area contributed by atoms with Gasteiger partial charge in [-0.25, -0.2) is 4.98 Å². The van der Waals surface area contributed by atoms with Crippen LogP contribution in [-0.2, 0) is 17.8 Å². The Balaban J connectivity index is 1.44. The molecule has 0 unspecified atom stereocenters. The summed E-state index contributed by atoms with van der Waals surface area (Å²) in [4.78, 5) is 16.4. The van der Waals surface area contributed by atoms with Gasteiger partial charge in [0.2, 0.25) is 5.91 Å². The van der Waals surface area contributed by atoms with Gasteiger partial charge in [-0.15, -0.1) is 0 Å². The number of amides is 1. The fourth-order valence-corrected chi connectivity index (χ4v) is 2.52. The highest BCUT2D eigenvalue weighted by molar-refractivity contribution is 5.78. The number of nitrogens with one attached hydrogen (secondary N) is 1. The molecule has 3 rings (SSSR count). The zero-order valence-corrected chi connectivity index (χ0v) is 12.8. The Morgan fingerprint density at radius 3 is 2.82 bits per heavy atom. The van der Waals surface area contributed by atoms with Crippen LogP contribution < -0.4 is 10.1 Å². The molecular weight excluding hydrogens is 278 g/mol. The molecule has 116 valence electrons. The SMILES string of the molecule is COc1ccc(CC(=O)NCCn2ccnc2C2CC2)cc1. The molecular formula is C17H21N3O2. The van der Waals surface area contributed by atoms with Crippen molar-refractivity contribution >= 4 is 5.91 Å². The molecule has 0 saturated heterocycles. The second kappa shape index (κ2) is 6.64. The Morgan fingerprint density at radius 2 is 2.14 bits per heavy atom. The lowest BCUT2D eigenvalue weighted by Gasteiger charge is -2.09. The third kappa shape index (κ3) is 3.67. The smallest absolute Gasteiger partial charge is 0.224 e. The minimum Gasteiger partial charge on any atom is -0.497 e. The first-order chi connectivity index (χ1) is 10.8. The van der Waals surface area contributed by atoms with Gasteiger partial charge in [0.05, 0.1) is 13.5 Å². The minimum absolute atomic E-state index is 0.0401. The van der Waals surface area contributed by atoms with Crippen molar-refractivity contribution in [1.82, 2.24) is 14.9 Å². The van der Waals surface area contributed by atoms with Gasteiger partial charge in [-0.3, -0.25) is 4.79 Å². The van der Waals surface area contributed by atoms with E-state index in [1.807, 2.05) is 36.7 Å². The Morgan fingerprint density at radius 1 is 1.36 bits per heavy atom. The highest BCUT2D eigenvalue weighted by atomic mass is 16.5. The molecule has 2 aromatic rings. The van der Waals surface area contributed by atoms with E-state index < -0.39 is 0 Å². The van der Waals surface area contributed by atoms with Crippen molar-refractivity contribution in [2.24, 2.45) is 0 Å². The van der Waals surface area contributed by atoms with Crippen molar-refractivity contribution < 1.29 is 9.53 Å². The van der Waals surface area contributed by atoms with Gasteiger partial charge >= 0.3 is 0 Å². The lowest BCUT2D eigenvalue weighted by molar-refractivity contribution is -0.120. The Kier molecular flexibility index (Phi) is 4.42. The van der Waals surface area contributed by atoms with E-state index in [1.54, 1.807) is 7.11 Å². The average molecular weight is 299 g/mol. The zero-order chi connectivity index (χ0) is 15.4. The van der Waals surface area contributed by atoms with Crippen molar-refractivity contribution in [2.45, 2.75) is 31.7 Å². The molecule has 1 aliphatic carbocycles. The third-order valence-electron chi connectivity index (χ3n) is 3.89. The monoisotopic (exact) mass is 299 g/mol. The summed E-state index contributed by atoms with van der Waals surface area (Å²) in [6, 6.07) is 7.57. The number of imidazole rings is 1. The van der Waals surface area contributed by atoms with E-state index in [0.717, 1.165) is 23.7 Å². The van der Waals surface area contributed by atoms with E-state index in [1.165, 1.54) is 12.8 Å². The number of ether oxygens (including phenoxy) is 1. The van der Waals surface area contributed by atoms with Crippen LogP contribution >= 0.6 is 0 Å². The molecule has 1 N–H and O–H groups in total. The van der Waals surface area contributed by atoms with Gasteiger partial charge < -0.3 is 14.6 Å². The van der Waals surface area contributed by atoms with Crippen LogP contribution in [0.1, 0.15) is 30.1 Å². The molecule has 1 aromatic carbocycles. The van der Waals surface area contributed by atoms with Gasteiger partial charge in [-0.05, 0) is 30.5 Å². The lowest BCUT2D eigenvalue weighted by Crippen LogP contribution is -2.28. The largest absolute Gasteiger partial charge is 0.497 e. The first-order valence-corrected chi connectivity index (χ1v) is 7.67. The molecule has 1 fully saturated rings. The van der Waals surface area contributed by atoms with Gasteiger partial charge in [0.1, 0.15) is 11.6 Å². The number of hydrogen-bond acceptors (Lipinski definition) is 3. The molecule has 1 saturated carbocycles. The standard InChI is InChI=1S/C17H21N3O2/c1-22-15-6-2-13(3-7-15)12-16(21)18-8-10-20-11-9-19-17(20)14-4-5-14/h2-3,6-7,9,11,14H,4-5,8,10,12H2,1H3,(H,18,21). The third-order valence-corrected chi connectivity index (χ3v) is 3.89.